The van der Waals surface area contributed by atoms with Gasteiger partial charge in [0.1, 0.15) is 10.6 Å². The van der Waals surface area contributed by atoms with E-state index in [1.54, 1.807) is 0 Å². The van der Waals surface area contributed by atoms with E-state index in [1.807, 2.05) is 35.7 Å². The van der Waals surface area contributed by atoms with Crippen LogP contribution < -0.4 is 5.32 Å². The third kappa shape index (κ3) is 3.03. The molecule has 3 rings (SSSR count). The van der Waals surface area contributed by atoms with Crippen molar-refractivity contribution in [3.8, 4) is 11.1 Å². The Kier molecular flexibility index (Phi) is 4.22. The number of aromatic nitrogens is 2. The van der Waals surface area contributed by atoms with Crippen molar-refractivity contribution >= 4 is 44.9 Å². The summed E-state index contributed by atoms with van der Waals surface area (Å²) in [6.45, 7) is 0.280. The summed E-state index contributed by atoms with van der Waals surface area (Å²) in [6, 6.07) is 9.91. The topological polar surface area (TPSA) is 75.1 Å². The smallest absolute Gasteiger partial charge is 0.305 e. The summed E-state index contributed by atoms with van der Waals surface area (Å²) < 4.78 is 0. The number of halogens is 1. The SMILES string of the molecule is O=C(O)CCNc1nc(Cl)nc2scc(-c3ccccc3)c12. The van der Waals surface area contributed by atoms with Gasteiger partial charge in [-0.05, 0) is 17.2 Å². The Labute approximate surface area is 135 Å². The number of carboxylic acids is 1. The second-order valence-electron chi connectivity index (χ2n) is 4.61. The van der Waals surface area contributed by atoms with Gasteiger partial charge < -0.3 is 10.4 Å². The van der Waals surface area contributed by atoms with Crippen molar-refractivity contribution in [3.05, 3.63) is 41.0 Å². The predicted octanol–water partition coefficient (Wildman–Crippen LogP) is 3.90. The largest absolute Gasteiger partial charge is 0.481 e. The number of benzene rings is 1. The lowest BCUT2D eigenvalue weighted by Crippen LogP contribution is -2.09. The zero-order valence-electron chi connectivity index (χ0n) is 11.4. The highest BCUT2D eigenvalue weighted by molar-refractivity contribution is 7.17. The van der Waals surface area contributed by atoms with Crippen LogP contribution in [0.2, 0.25) is 5.28 Å². The number of thiophene rings is 1. The van der Waals surface area contributed by atoms with Gasteiger partial charge >= 0.3 is 5.97 Å². The van der Waals surface area contributed by atoms with Gasteiger partial charge in [0.05, 0.1) is 11.8 Å². The van der Waals surface area contributed by atoms with Crippen LogP contribution in [0.3, 0.4) is 0 Å². The molecule has 0 aliphatic heterocycles. The summed E-state index contributed by atoms with van der Waals surface area (Å²) >= 11 is 7.43. The van der Waals surface area contributed by atoms with E-state index in [0.29, 0.717) is 5.82 Å². The monoisotopic (exact) mass is 333 g/mol. The zero-order chi connectivity index (χ0) is 15.5. The number of hydrogen-bond acceptors (Lipinski definition) is 5. The molecule has 0 amide bonds. The van der Waals surface area contributed by atoms with Crippen molar-refractivity contribution < 1.29 is 9.90 Å². The van der Waals surface area contributed by atoms with Crippen LogP contribution in [0.5, 0.6) is 0 Å². The Balaban J connectivity index is 2.06. The molecule has 112 valence electrons. The van der Waals surface area contributed by atoms with Gasteiger partial charge in [-0.1, -0.05) is 30.3 Å². The molecule has 0 saturated carbocycles. The van der Waals surface area contributed by atoms with E-state index < -0.39 is 5.97 Å². The fraction of sp³-hybridized carbons (Fsp3) is 0.133. The Morgan fingerprint density at radius 1 is 1.27 bits per heavy atom. The molecule has 22 heavy (non-hydrogen) atoms. The molecule has 0 atom stereocenters. The van der Waals surface area contributed by atoms with Crippen molar-refractivity contribution in [3.63, 3.8) is 0 Å². The molecule has 0 radical (unpaired) electrons. The maximum absolute atomic E-state index is 10.7. The highest BCUT2D eigenvalue weighted by Gasteiger charge is 2.14. The lowest BCUT2D eigenvalue weighted by Gasteiger charge is -2.08. The molecule has 3 aromatic rings. The molecule has 2 aromatic heterocycles. The lowest BCUT2D eigenvalue weighted by atomic mass is 10.1. The van der Waals surface area contributed by atoms with E-state index in [2.05, 4.69) is 15.3 Å². The third-order valence-corrected chi connectivity index (χ3v) is 4.16. The molecular formula is C15H12ClN3O2S. The van der Waals surface area contributed by atoms with Crippen LogP contribution in [0.25, 0.3) is 21.3 Å². The summed E-state index contributed by atoms with van der Waals surface area (Å²) in [7, 11) is 0. The molecule has 0 bridgehead atoms. The quantitative estimate of drug-likeness (QED) is 0.693. The number of carbonyl (C=O) groups is 1. The second kappa shape index (κ2) is 6.29. The summed E-state index contributed by atoms with van der Waals surface area (Å²) in [4.78, 5) is 19.9. The van der Waals surface area contributed by atoms with Crippen LogP contribution in [-0.2, 0) is 4.79 Å². The molecule has 0 unspecified atom stereocenters. The first kappa shape index (κ1) is 14.7. The minimum atomic E-state index is -0.863. The number of nitrogens with zero attached hydrogens (tertiary/aromatic N) is 2. The van der Waals surface area contributed by atoms with Crippen LogP contribution in [0, 0.1) is 0 Å². The van der Waals surface area contributed by atoms with E-state index in [1.165, 1.54) is 11.3 Å². The first-order valence-corrected chi connectivity index (χ1v) is 7.87. The summed E-state index contributed by atoms with van der Waals surface area (Å²) in [5, 5.41) is 14.8. The fourth-order valence-corrected chi connectivity index (χ4v) is 3.33. The molecule has 2 heterocycles. The number of fused-ring (bicyclic) bond motifs is 1. The van der Waals surface area contributed by atoms with E-state index in [9.17, 15) is 4.79 Å². The van der Waals surface area contributed by atoms with Crippen LogP contribution in [-0.4, -0.2) is 27.6 Å². The minimum absolute atomic E-state index is 0.00786. The highest BCUT2D eigenvalue weighted by atomic mass is 35.5. The molecule has 0 saturated heterocycles. The van der Waals surface area contributed by atoms with Gasteiger partial charge in [0, 0.05) is 17.5 Å². The predicted molar refractivity (Wildman–Crippen MR) is 88.6 cm³/mol. The Morgan fingerprint density at radius 2 is 2.05 bits per heavy atom. The molecular weight excluding hydrogens is 322 g/mol. The van der Waals surface area contributed by atoms with Crippen molar-refractivity contribution in [2.45, 2.75) is 6.42 Å². The lowest BCUT2D eigenvalue weighted by molar-refractivity contribution is -0.136. The molecule has 0 aliphatic carbocycles. The normalized spacial score (nSPS) is 10.8. The number of anilines is 1. The first-order valence-electron chi connectivity index (χ1n) is 6.61. The molecule has 0 aliphatic rings. The maximum Gasteiger partial charge on any atom is 0.305 e. The van der Waals surface area contributed by atoms with Crippen LogP contribution in [0.1, 0.15) is 6.42 Å². The molecule has 1 aromatic carbocycles. The summed E-state index contributed by atoms with van der Waals surface area (Å²) in [5.74, 6) is -0.297. The van der Waals surface area contributed by atoms with Crippen LogP contribution in [0.15, 0.2) is 35.7 Å². The van der Waals surface area contributed by atoms with Gasteiger partial charge in [0.15, 0.2) is 0 Å². The number of rotatable bonds is 5. The number of hydrogen-bond donors (Lipinski definition) is 2. The van der Waals surface area contributed by atoms with Crippen LogP contribution >= 0.6 is 22.9 Å². The molecule has 0 spiro atoms. The zero-order valence-corrected chi connectivity index (χ0v) is 13.0. The summed E-state index contributed by atoms with van der Waals surface area (Å²) in [6.07, 6.45) is 0.00786. The number of aliphatic carboxylic acids is 1. The first-order chi connectivity index (χ1) is 10.6. The second-order valence-corrected chi connectivity index (χ2v) is 5.80. The van der Waals surface area contributed by atoms with Gasteiger partial charge in [0.2, 0.25) is 5.28 Å². The van der Waals surface area contributed by atoms with Crippen molar-refractivity contribution in [2.24, 2.45) is 0 Å². The standard InChI is InChI=1S/C15H12ClN3O2S/c16-15-18-13(17-7-6-11(20)21)12-10(8-22-14(12)19-15)9-4-2-1-3-5-9/h1-5,8H,6-7H2,(H,20,21)(H,17,18,19). The van der Waals surface area contributed by atoms with Gasteiger partial charge in [-0.15, -0.1) is 11.3 Å². The van der Waals surface area contributed by atoms with Gasteiger partial charge in [-0.3, -0.25) is 4.79 Å². The van der Waals surface area contributed by atoms with E-state index in [0.717, 1.165) is 21.3 Å². The van der Waals surface area contributed by atoms with Gasteiger partial charge in [-0.25, -0.2) is 9.97 Å². The average Bonchev–Trinajstić information content (AvgIpc) is 2.91. The molecule has 0 fully saturated rings. The molecule has 2 N–H and O–H groups in total. The van der Waals surface area contributed by atoms with Gasteiger partial charge in [0.25, 0.3) is 0 Å². The summed E-state index contributed by atoms with van der Waals surface area (Å²) in [5.41, 5.74) is 2.07. The van der Waals surface area contributed by atoms with Crippen molar-refractivity contribution in [1.82, 2.24) is 9.97 Å². The van der Waals surface area contributed by atoms with Crippen molar-refractivity contribution in [1.29, 1.82) is 0 Å². The number of carboxylic acid groups (broad SMARTS) is 1. The maximum atomic E-state index is 10.7. The third-order valence-electron chi connectivity index (χ3n) is 3.12. The van der Waals surface area contributed by atoms with E-state index >= 15 is 0 Å². The average molecular weight is 334 g/mol. The number of nitrogens with one attached hydrogen (secondary N) is 1. The fourth-order valence-electron chi connectivity index (χ4n) is 2.16. The Bertz CT molecular complexity index is 820. The van der Waals surface area contributed by atoms with Gasteiger partial charge in [-0.2, -0.15) is 0 Å². The highest BCUT2D eigenvalue weighted by Crippen LogP contribution is 2.37. The van der Waals surface area contributed by atoms with Crippen LogP contribution in [0.4, 0.5) is 5.82 Å². The molecule has 7 heteroatoms. The van der Waals surface area contributed by atoms with Crippen molar-refractivity contribution in [2.75, 3.05) is 11.9 Å². The van der Waals surface area contributed by atoms with E-state index in [-0.39, 0.29) is 18.2 Å². The Hall–Kier alpha value is -2.18. The minimum Gasteiger partial charge on any atom is -0.481 e. The van der Waals surface area contributed by atoms with E-state index in [4.69, 9.17) is 16.7 Å². The molecule has 5 nitrogen and oxygen atoms in total. The Morgan fingerprint density at radius 3 is 2.77 bits per heavy atom.